The number of thiazole rings is 1. The quantitative estimate of drug-likeness (QED) is 0.687. The summed E-state index contributed by atoms with van der Waals surface area (Å²) in [7, 11) is 0. The van der Waals surface area contributed by atoms with Crippen molar-refractivity contribution in [2.45, 2.75) is 33.2 Å². The molecule has 1 N–H and O–H groups in total. The molecule has 1 fully saturated rings. The van der Waals surface area contributed by atoms with E-state index in [0.29, 0.717) is 36.9 Å². The Bertz CT molecular complexity index is 955. The number of nitrogens with one attached hydrogen (secondary N) is 1. The lowest BCUT2D eigenvalue weighted by molar-refractivity contribution is -0.139. The molecule has 3 heterocycles. The van der Waals surface area contributed by atoms with Crippen molar-refractivity contribution in [3.8, 4) is 11.5 Å². The van der Waals surface area contributed by atoms with Gasteiger partial charge in [-0.25, -0.2) is 4.98 Å². The molecule has 0 atom stereocenters. The normalized spacial score (nSPS) is 16.6. The molecule has 172 valence electrons. The molecule has 4 rings (SSSR count). The molecule has 0 bridgehead atoms. The predicted molar refractivity (Wildman–Crippen MR) is 123 cm³/mol. The molecule has 2 aromatic rings. The van der Waals surface area contributed by atoms with Crippen LogP contribution in [-0.4, -0.2) is 66.0 Å². The van der Waals surface area contributed by atoms with Crippen LogP contribution in [0.4, 0.5) is 5.69 Å². The van der Waals surface area contributed by atoms with Gasteiger partial charge in [-0.3, -0.25) is 14.5 Å². The number of hydrogen-bond acceptors (Lipinski definition) is 7. The molecule has 0 unspecified atom stereocenters. The molecule has 2 aliphatic rings. The number of carbonyl (C=O) groups is 2. The van der Waals surface area contributed by atoms with Crippen molar-refractivity contribution in [2.75, 3.05) is 44.7 Å². The number of piperidine rings is 1. The van der Waals surface area contributed by atoms with E-state index in [0.717, 1.165) is 43.2 Å². The second kappa shape index (κ2) is 10.3. The highest BCUT2D eigenvalue weighted by Crippen LogP contribution is 2.32. The smallest absolute Gasteiger partial charge is 0.243 e. The van der Waals surface area contributed by atoms with Crippen molar-refractivity contribution < 1.29 is 19.1 Å². The first kappa shape index (κ1) is 22.5. The summed E-state index contributed by atoms with van der Waals surface area (Å²) < 4.78 is 11.1. The van der Waals surface area contributed by atoms with Crippen molar-refractivity contribution in [1.82, 2.24) is 14.8 Å². The van der Waals surface area contributed by atoms with Crippen LogP contribution >= 0.6 is 11.3 Å². The van der Waals surface area contributed by atoms with E-state index in [2.05, 4.69) is 20.6 Å². The number of ether oxygens (including phenoxy) is 2. The summed E-state index contributed by atoms with van der Waals surface area (Å²) in [6, 6.07) is 5.32. The molecule has 0 saturated carbocycles. The van der Waals surface area contributed by atoms with E-state index < -0.39 is 0 Å². The van der Waals surface area contributed by atoms with Gasteiger partial charge in [0.05, 0.1) is 17.2 Å². The van der Waals surface area contributed by atoms with E-state index in [-0.39, 0.29) is 24.3 Å². The monoisotopic (exact) mass is 458 g/mol. The second-order valence-corrected chi connectivity index (χ2v) is 9.23. The van der Waals surface area contributed by atoms with Crippen LogP contribution in [0.1, 0.15) is 30.5 Å². The topological polar surface area (TPSA) is 84.0 Å². The largest absolute Gasteiger partial charge is 0.486 e. The number of anilines is 1. The highest BCUT2D eigenvalue weighted by molar-refractivity contribution is 7.09. The lowest BCUT2D eigenvalue weighted by Crippen LogP contribution is -2.45. The van der Waals surface area contributed by atoms with Gasteiger partial charge in [-0.2, -0.15) is 0 Å². The molecule has 32 heavy (non-hydrogen) atoms. The summed E-state index contributed by atoms with van der Waals surface area (Å²) in [5, 5.41) is 6.05. The van der Waals surface area contributed by atoms with E-state index in [1.165, 1.54) is 0 Å². The Balaban J connectivity index is 1.27. The summed E-state index contributed by atoms with van der Waals surface area (Å²) in [4.78, 5) is 34.2. The first-order valence-corrected chi connectivity index (χ1v) is 12.0. The number of benzene rings is 1. The van der Waals surface area contributed by atoms with Crippen LogP contribution < -0.4 is 14.8 Å². The van der Waals surface area contributed by atoms with E-state index >= 15 is 0 Å². The van der Waals surface area contributed by atoms with Gasteiger partial charge in [0.25, 0.3) is 0 Å². The number of aromatic nitrogens is 1. The molecule has 8 nitrogen and oxygen atoms in total. The van der Waals surface area contributed by atoms with Gasteiger partial charge >= 0.3 is 0 Å². The van der Waals surface area contributed by atoms with Crippen LogP contribution in [0, 0.1) is 12.8 Å². The minimum atomic E-state index is -0.215. The molecule has 2 aliphatic heterocycles. The summed E-state index contributed by atoms with van der Waals surface area (Å²) in [6.45, 7) is 8.06. The Morgan fingerprint density at radius 3 is 2.66 bits per heavy atom. The zero-order chi connectivity index (χ0) is 22.5. The van der Waals surface area contributed by atoms with Gasteiger partial charge in [-0.05, 0) is 51.9 Å². The number of likely N-dealkylation sites (N-methyl/N-ethyl adjacent to an activating group) is 1. The third-order valence-corrected chi connectivity index (χ3v) is 6.67. The molecule has 1 aromatic carbocycles. The number of fused-ring (bicyclic) bond motifs is 1. The third kappa shape index (κ3) is 5.58. The number of carbonyl (C=O) groups excluding carboxylic acids is 2. The molecule has 2 amide bonds. The van der Waals surface area contributed by atoms with Gasteiger partial charge in [-0.1, -0.05) is 0 Å². The average molecular weight is 459 g/mol. The Hall–Kier alpha value is -2.65. The minimum Gasteiger partial charge on any atom is -0.486 e. The molecule has 0 radical (unpaired) electrons. The highest BCUT2D eigenvalue weighted by atomic mass is 32.1. The van der Waals surface area contributed by atoms with Crippen molar-refractivity contribution >= 4 is 28.8 Å². The van der Waals surface area contributed by atoms with Gasteiger partial charge in [-0.15, -0.1) is 11.3 Å². The first-order chi connectivity index (χ1) is 15.5. The van der Waals surface area contributed by atoms with Crippen LogP contribution in [0.5, 0.6) is 11.5 Å². The fraction of sp³-hybridized carbons (Fsp3) is 0.522. The zero-order valence-electron chi connectivity index (χ0n) is 18.6. The van der Waals surface area contributed by atoms with Gasteiger partial charge < -0.3 is 19.7 Å². The number of amides is 2. The maximum Gasteiger partial charge on any atom is 0.243 e. The van der Waals surface area contributed by atoms with E-state index in [1.807, 2.05) is 13.8 Å². The van der Waals surface area contributed by atoms with Crippen LogP contribution in [0.15, 0.2) is 23.6 Å². The number of hydrogen-bond donors (Lipinski definition) is 1. The van der Waals surface area contributed by atoms with E-state index in [9.17, 15) is 9.59 Å². The minimum absolute atomic E-state index is 0.0366. The van der Waals surface area contributed by atoms with Crippen molar-refractivity contribution in [3.05, 3.63) is 34.3 Å². The van der Waals surface area contributed by atoms with Crippen molar-refractivity contribution in [2.24, 2.45) is 5.92 Å². The van der Waals surface area contributed by atoms with Gasteiger partial charge in [0.1, 0.15) is 13.2 Å². The third-order valence-electron chi connectivity index (χ3n) is 5.84. The first-order valence-electron chi connectivity index (χ1n) is 11.1. The molecule has 0 spiro atoms. The fourth-order valence-corrected chi connectivity index (χ4v) is 4.75. The van der Waals surface area contributed by atoms with Gasteiger partial charge in [0.2, 0.25) is 11.8 Å². The summed E-state index contributed by atoms with van der Waals surface area (Å²) >= 11 is 1.67. The standard InChI is InChI=1S/C23H30N4O4S/c1-3-27(14-22(28)25-18-4-5-20-21(12-18)31-11-10-30-20)23(29)17-6-8-26(9-7-17)13-19-15-32-16(2)24-19/h4-5,12,15,17H,3,6-11,13-14H2,1-2H3,(H,25,28). The average Bonchev–Trinajstić information content (AvgIpc) is 3.22. The molecule has 1 aromatic heterocycles. The Morgan fingerprint density at radius 1 is 1.22 bits per heavy atom. The highest BCUT2D eigenvalue weighted by Gasteiger charge is 2.29. The Labute approximate surface area is 192 Å². The molecular weight excluding hydrogens is 428 g/mol. The lowest BCUT2D eigenvalue weighted by atomic mass is 9.95. The van der Waals surface area contributed by atoms with Crippen molar-refractivity contribution in [1.29, 1.82) is 0 Å². The Kier molecular flexibility index (Phi) is 7.26. The number of nitrogens with zero attached hydrogens (tertiary/aromatic N) is 3. The second-order valence-electron chi connectivity index (χ2n) is 8.17. The molecular formula is C23H30N4O4S. The van der Waals surface area contributed by atoms with E-state index in [4.69, 9.17) is 9.47 Å². The van der Waals surface area contributed by atoms with Gasteiger partial charge in [0, 0.05) is 36.1 Å². The van der Waals surface area contributed by atoms with Crippen LogP contribution in [0.3, 0.4) is 0 Å². The summed E-state index contributed by atoms with van der Waals surface area (Å²) in [6.07, 6.45) is 1.62. The maximum absolute atomic E-state index is 13.1. The lowest BCUT2D eigenvalue weighted by Gasteiger charge is -2.33. The van der Waals surface area contributed by atoms with E-state index in [1.54, 1.807) is 34.4 Å². The number of aryl methyl sites for hydroxylation is 1. The SMILES string of the molecule is CCN(CC(=O)Nc1ccc2c(c1)OCCO2)C(=O)C1CCN(Cc2csc(C)n2)CC1. The fourth-order valence-electron chi connectivity index (χ4n) is 4.15. The maximum atomic E-state index is 13.1. The van der Waals surface area contributed by atoms with Crippen LogP contribution in [0.25, 0.3) is 0 Å². The van der Waals surface area contributed by atoms with Gasteiger partial charge in [0.15, 0.2) is 11.5 Å². The Morgan fingerprint density at radius 2 is 1.97 bits per heavy atom. The summed E-state index contributed by atoms with van der Waals surface area (Å²) in [5.74, 6) is 1.11. The molecule has 1 saturated heterocycles. The predicted octanol–water partition coefficient (Wildman–Crippen LogP) is 2.92. The molecule has 0 aliphatic carbocycles. The number of rotatable bonds is 7. The summed E-state index contributed by atoms with van der Waals surface area (Å²) in [5.41, 5.74) is 1.73. The van der Waals surface area contributed by atoms with Crippen LogP contribution in [0.2, 0.25) is 0 Å². The zero-order valence-corrected chi connectivity index (χ0v) is 19.5. The van der Waals surface area contributed by atoms with Crippen LogP contribution in [-0.2, 0) is 16.1 Å². The number of likely N-dealkylation sites (tertiary alicyclic amines) is 1. The van der Waals surface area contributed by atoms with Crippen molar-refractivity contribution in [3.63, 3.8) is 0 Å². The molecule has 9 heteroatoms.